The smallest absolute Gasteiger partial charge is 0.222 e. The number of rotatable bonds is 7. The minimum Gasteiger partial charge on any atom is -0.356 e. The van der Waals surface area contributed by atoms with Crippen molar-refractivity contribution in [2.24, 2.45) is 0 Å². The number of nitrogens with one attached hydrogen (secondary N) is 2. The second kappa shape index (κ2) is 8.76. The minimum absolute atomic E-state index is 0.0124. The SMILES string of the molecule is O=C(CCN1CCCCC1=O)NCCC(=O)NC1CCCC1. The molecule has 2 aliphatic rings. The van der Waals surface area contributed by atoms with Crippen LogP contribution in [-0.4, -0.2) is 48.3 Å². The Morgan fingerprint density at radius 1 is 1.05 bits per heavy atom. The third-order valence-electron chi connectivity index (χ3n) is 4.42. The Kier molecular flexibility index (Phi) is 6.68. The van der Waals surface area contributed by atoms with Crippen LogP contribution in [-0.2, 0) is 14.4 Å². The molecule has 1 aliphatic carbocycles. The molecule has 1 saturated carbocycles. The number of likely N-dealkylation sites (tertiary alicyclic amines) is 1. The quantitative estimate of drug-likeness (QED) is 0.735. The highest BCUT2D eigenvalue weighted by Crippen LogP contribution is 2.17. The molecule has 1 aliphatic heterocycles. The van der Waals surface area contributed by atoms with E-state index in [9.17, 15) is 14.4 Å². The molecule has 0 bridgehead atoms. The largest absolute Gasteiger partial charge is 0.356 e. The lowest BCUT2D eigenvalue weighted by Gasteiger charge is -2.26. The van der Waals surface area contributed by atoms with Gasteiger partial charge in [-0.2, -0.15) is 0 Å². The fourth-order valence-corrected chi connectivity index (χ4v) is 3.11. The number of carbonyl (C=O) groups excluding carboxylic acids is 3. The fourth-order valence-electron chi connectivity index (χ4n) is 3.11. The predicted molar refractivity (Wildman–Crippen MR) is 83.1 cm³/mol. The highest BCUT2D eigenvalue weighted by Gasteiger charge is 2.19. The third kappa shape index (κ3) is 5.66. The highest BCUT2D eigenvalue weighted by molar-refractivity contribution is 5.80. The van der Waals surface area contributed by atoms with Crippen molar-refractivity contribution >= 4 is 17.7 Å². The molecule has 3 amide bonds. The van der Waals surface area contributed by atoms with Crippen LogP contribution in [0.25, 0.3) is 0 Å². The predicted octanol–water partition coefficient (Wildman–Crippen LogP) is 0.954. The molecule has 1 saturated heterocycles. The van der Waals surface area contributed by atoms with Crippen molar-refractivity contribution in [1.82, 2.24) is 15.5 Å². The molecule has 0 unspecified atom stereocenters. The van der Waals surface area contributed by atoms with Crippen molar-refractivity contribution in [3.8, 4) is 0 Å². The fraction of sp³-hybridized carbons (Fsp3) is 0.812. The van der Waals surface area contributed by atoms with Crippen molar-refractivity contribution in [2.45, 2.75) is 63.8 Å². The summed E-state index contributed by atoms with van der Waals surface area (Å²) in [4.78, 5) is 36.8. The van der Waals surface area contributed by atoms with Crippen molar-refractivity contribution in [3.63, 3.8) is 0 Å². The van der Waals surface area contributed by atoms with E-state index in [0.717, 1.165) is 32.2 Å². The van der Waals surface area contributed by atoms with Crippen LogP contribution in [0, 0.1) is 0 Å². The Bertz CT molecular complexity index is 405. The normalized spacial score (nSPS) is 19.3. The molecule has 6 heteroatoms. The average molecular weight is 309 g/mol. The van der Waals surface area contributed by atoms with Crippen molar-refractivity contribution in [2.75, 3.05) is 19.6 Å². The number of piperidine rings is 1. The lowest BCUT2D eigenvalue weighted by Crippen LogP contribution is -2.39. The van der Waals surface area contributed by atoms with Gasteiger partial charge in [0, 0.05) is 44.9 Å². The number of hydrogen-bond donors (Lipinski definition) is 2. The van der Waals surface area contributed by atoms with Crippen LogP contribution in [0.15, 0.2) is 0 Å². The lowest BCUT2D eigenvalue weighted by molar-refractivity contribution is -0.133. The molecule has 0 aromatic carbocycles. The van der Waals surface area contributed by atoms with Gasteiger partial charge in [-0.3, -0.25) is 14.4 Å². The average Bonchev–Trinajstić information content (AvgIpc) is 2.99. The second-order valence-electron chi connectivity index (χ2n) is 6.24. The molecule has 0 aromatic heterocycles. The topological polar surface area (TPSA) is 78.5 Å². The summed E-state index contributed by atoms with van der Waals surface area (Å²) in [5.41, 5.74) is 0. The van der Waals surface area contributed by atoms with E-state index < -0.39 is 0 Å². The van der Waals surface area contributed by atoms with Crippen molar-refractivity contribution in [1.29, 1.82) is 0 Å². The Hall–Kier alpha value is -1.59. The van der Waals surface area contributed by atoms with E-state index in [-0.39, 0.29) is 17.7 Å². The molecular weight excluding hydrogens is 282 g/mol. The van der Waals surface area contributed by atoms with Gasteiger partial charge in [-0.25, -0.2) is 0 Å². The molecule has 0 atom stereocenters. The second-order valence-corrected chi connectivity index (χ2v) is 6.24. The zero-order chi connectivity index (χ0) is 15.8. The summed E-state index contributed by atoms with van der Waals surface area (Å²) < 4.78 is 0. The highest BCUT2D eigenvalue weighted by atomic mass is 16.2. The van der Waals surface area contributed by atoms with E-state index in [0.29, 0.717) is 38.4 Å². The third-order valence-corrected chi connectivity index (χ3v) is 4.42. The first-order chi connectivity index (χ1) is 10.6. The lowest BCUT2D eigenvalue weighted by atomic mass is 10.1. The molecule has 1 heterocycles. The van der Waals surface area contributed by atoms with Gasteiger partial charge in [0.15, 0.2) is 0 Å². The summed E-state index contributed by atoms with van der Waals surface area (Å²) in [6, 6.07) is 0.327. The Morgan fingerprint density at radius 3 is 2.55 bits per heavy atom. The first-order valence-electron chi connectivity index (χ1n) is 8.49. The van der Waals surface area contributed by atoms with Crippen LogP contribution in [0.3, 0.4) is 0 Å². The Morgan fingerprint density at radius 2 is 1.82 bits per heavy atom. The zero-order valence-corrected chi connectivity index (χ0v) is 13.2. The van der Waals surface area contributed by atoms with Crippen molar-refractivity contribution in [3.05, 3.63) is 0 Å². The Balaban J connectivity index is 1.53. The van der Waals surface area contributed by atoms with E-state index in [1.54, 1.807) is 4.90 Å². The van der Waals surface area contributed by atoms with Gasteiger partial charge in [-0.15, -0.1) is 0 Å². The molecular formula is C16H27N3O3. The molecule has 2 N–H and O–H groups in total. The summed E-state index contributed by atoms with van der Waals surface area (Å²) in [5.74, 6) is 0.0699. The number of hydrogen-bond acceptors (Lipinski definition) is 3. The van der Waals surface area contributed by atoms with Gasteiger partial charge in [0.1, 0.15) is 0 Å². The van der Waals surface area contributed by atoms with E-state index in [1.807, 2.05) is 0 Å². The number of nitrogens with zero attached hydrogens (tertiary/aromatic N) is 1. The summed E-state index contributed by atoms with van der Waals surface area (Å²) in [5, 5.41) is 5.75. The van der Waals surface area contributed by atoms with E-state index in [1.165, 1.54) is 12.8 Å². The first-order valence-corrected chi connectivity index (χ1v) is 8.49. The molecule has 2 rings (SSSR count). The van der Waals surface area contributed by atoms with Crippen molar-refractivity contribution < 1.29 is 14.4 Å². The van der Waals surface area contributed by atoms with Crippen LogP contribution in [0.4, 0.5) is 0 Å². The van der Waals surface area contributed by atoms with E-state index in [2.05, 4.69) is 10.6 Å². The maximum atomic E-state index is 11.7. The molecule has 6 nitrogen and oxygen atoms in total. The molecule has 0 spiro atoms. The molecule has 0 aromatic rings. The van der Waals surface area contributed by atoms with Gasteiger partial charge in [-0.1, -0.05) is 12.8 Å². The van der Waals surface area contributed by atoms with E-state index >= 15 is 0 Å². The van der Waals surface area contributed by atoms with Crippen LogP contribution in [0.2, 0.25) is 0 Å². The first kappa shape index (κ1) is 16.8. The Labute approximate surface area is 132 Å². The maximum absolute atomic E-state index is 11.7. The van der Waals surface area contributed by atoms with Gasteiger partial charge in [0.2, 0.25) is 17.7 Å². The van der Waals surface area contributed by atoms with Crippen LogP contribution in [0.5, 0.6) is 0 Å². The van der Waals surface area contributed by atoms with Gasteiger partial charge in [0.25, 0.3) is 0 Å². The maximum Gasteiger partial charge on any atom is 0.222 e. The van der Waals surface area contributed by atoms with E-state index in [4.69, 9.17) is 0 Å². The van der Waals surface area contributed by atoms with Gasteiger partial charge < -0.3 is 15.5 Å². The summed E-state index contributed by atoms with van der Waals surface area (Å²) in [6.45, 7) is 1.61. The monoisotopic (exact) mass is 309 g/mol. The molecule has 124 valence electrons. The molecule has 0 radical (unpaired) electrons. The van der Waals surface area contributed by atoms with Gasteiger partial charge >= 0.3 is 0 Å². The summed E-state index contributed by atoms with van der Waals surface area (Å²) in [6.07, 6.45) is 7.74. The van der Waals surface area contributed by atoms with Crippen LogP contribution >= 0.6 is 0 Å². The number of carbonyl (C=O) groups is 3. The van der Waals surface area contributed by atoms with Gasteiger partial charge in [0.05, 0.1) is 0 Å². The summed E-state index contributed by atoms with van der Waals surface area (Å²) in [7, 11) is 0. The molecule has 2 fully saturated rings. The van der Waals surface area contributed by atoms with Crippen LogP contribution < -0.4 is 10.6 Å². The summed E-state index contributed by atoms with van der Waals surface area (Å²) >= 11 is 0. The van der Waals surface area contributed by atoms with Gasteiger partial charge in [-0.05, 0) is 25.7 Å². The molecule has 22 heavy (non-hydrogen) atoms. The number of amides is 3. The standard InChI is InChI=1S/C16H27N3O3/c20-14(9-12-19-11-4-3-7-16(19)22)17-10-8-15(21)18-13-5-1-2-6-13/h13H,1-12H2,(H,17,20)(H,18,21). The minimum atomic E-state index is -0.0907. The van der Waals surface area contributed by atoms with Crippen LogP contribution in [0.1, 0.15) is 57.8 Å². The zero-order valence-electron chi connectivity index (χ0n) is 13.2.